The van der Waals surface area contributed by atoms with E-state index in [0.29, 0.717) is 30.3 Å². The maximum absolute atomic E-state index is 13.3. The Kier molecular flexibility index (Phi) is 5.69. The highest BCUT2D eigenvalue weighted by molar-refractivity contribution is 5.85. The largest absolute Gasteiger partial charge is 0.481 e. The summed E-state index contributed by atoms with van der Waals surface area (Å²) >= 11 is 0. The summed E-state index contributed by atoms with van der Waals surface area (Å²) in [6.07, 6.45) is 9.87. The summed E-state index contributed by atoms with van der Waals surface area (Å²) < 4.78 is 7.23. The number of carbonyl (C=O) groups is 1. The van der Waals surface area contributed by atoms with Crippen LogP contribution in [0.1, 0.15) is 50.3 Å². The van der Waals surface area contributed by atoms with Crippen molar-refractivity contribution in [2.75, 3.05) is 12.0 Å². The van der Waals surface area contributed by atoms with Crippen molar-refractivity contribution in [1.29, 1.82) is 0 Å². The number of nitrogens with zero attached hydrogens (tertiary/aromatic N) is 5. The molecule has 1 saturated carbocycles. The molecule has 1 N–H and O–H groups in total. The van der Waals surface area contributed by atoms with Gasteiger partial charge in [-0.3, -0.25) is 4.79 Å². The number of fused-ring (bicyclic) bond motifs is 1. The number of anilines is 1. The number of aromatic nitrogens is 4. The Morgan fingerprint density at radius 2 is 2.03 bits per heavy atom. The zero-order valence-corrected chi connectivity index (χ0v) is 17.5. The summed E-state index contributed by atoms with van der Waals surface area (Å²) in [4.78, 5) is 24.4. The molecular formula is C21H30N6O2. The molecule has 0 radical (unpaired) electrons. The van der Waals surface area contributed by atoms with E-state index in [2.05, 4.69) is 32.2 Å². The van der Waals surface area contributed by atoms with E-state index in [4.69, 9.17) is 4.74 Å². The Morgan fingerprint density at radius 1 is 1.28 bits per heavy atom. The third kappa shape index (κ3) is 3.68. The van der Waals surface area contributed by atoms with Crippen LogP contribution in [0.3, 0.4) is 0 Å². The maximum atomic E-state index is 13.3. The van der Waals surface area contributed by atoms with E-state index in [1.54, 1.807) is 24.2 Å². The fraction of sp³-hybridized carbons (Fsp3) is 0.619. The molecule has 2 fully saturated rings. The smallest absolute Gasteiger partial charge is 0.243 e. The lowest BCUT2D eigenvalue weighted by Gasteiger charge is -2.33. The number of ether oxygens (including phenoxy) is 1. The van der Waals surface area contributed by atoms with E-state index < -0.39 is 0 Å². The highest BCUT2D eigenvalue weighted by Gasteiger charge is 2.46. The monoisotopic (exact) mass is 398 g/mol. The number of amides is 1. The van der Waals surface area contributed by atoms with Crippen LogP contribution in [0.15, 0.2) is 18.5 Å². The van der Waals surface area contributed by atoms with Gasteiger partial charge >= 0.3 is 0 Å². The van der Waals surface area contributed by atoms with Crippen LogP contribution in [0.5, 0.6) is 5.88 Å². The number of methoxy groups -OCH3 is 1. The molecule has 3 unspecified atom stereocenters. The van der Waals surface area contributed by atoms with E-state index in [1.165, 1.54) is 19.3 Å². The molecule has 1 aliphatic carbocycles. The van der Waals surface area contributed by atoms with Gasteiger partial charge in [0.25, 0.3) is 0 Å². The Bertz CT molecular complexity index is 852. The normalized spacial score (nSPS) is 23.7. The van der Waals surface area contributed by atoms with Crippen molar-refractivity contribution in [3.8, 4) is 5.88 Å². The first-order valence-corrected chi connectivity index (χ1v) is 10.6. The van der Waals surface area contributed by atoms with Crippen LogP contribution in [0, 0.1) is 5.92 Å². The molecule has 2 aromatic heterocycles. The first kappa shape index (κ1) is 19.7. The van der Waals surface area contributed by atoms with Crippen molar-refractivity contribution in [3.05, 3.63) is 29.7 Å². The molecule has 0 bridgehead atoms. The van der Waals surface area contributed by atoms with Crippen LogP contribution in [-0.4, -0.2) is 44.8 Å². The van der Waals surface area contributed by atoms with Gasteiger partial charge in [0.2, 0.25) is 17.7 Å². The number of hydrogen-bond acceptors (Lipinski definition) is 6. The molecule has 4 rings (SSSR count). The van der Waals surface area contributed by atoms with E-state index in [1.807, 2.05) is 13.1 Å². The Balaban J connectivity index is 1.54. The van der Waals surface area contributed by atoms with Crippen LogP contribution in [0.4, 0.5) is 5.95 Å². The average Bonchev–Trinajstić information content (AvgIpc) is 3.29. The van der Waals surface area contributed by atoms with Gasteiger partial charge in [0.15, 0.2) is 0 Å². The minimum Gasteiger partial charge on any atom is -0.481 e. The zero-order chi connectivity index (χ0) is 20.4. The van der Waals surface area contributed by atoms with E-state index >= 15 is 0 Å². The number of carbonyl (C=O) groups excluding carboxylic acids is 1. The molecule has 29 heavy (non-hydrogen) atoms. The lowest BCUT2D eigenvalue weighted by atomic mass is 9.85. The van der Waals surface area contributed by atoms with Gasteiger partial charge in [0.1, 0.15) is 6.04 Å². The molecule has 3 atom stereocenters. The maximum Gasteiger partial charge on any atom is 0.243 e. The second-order valence-electron chi connectivity index (χ2n) is 7.95. The molecular weight excluding hydrogens is 368 g/mol. The predicted octanol–water partition coefficient (Wildman–Crippen LogP) is 2.23. The molecule has 1 aliphatic heterocycles. The summed E-state index contributed by atoms with van der Waals surface area (Å²) in [7, 11) is 3.50. The zero-order valence-electron chi connectivity index (χ0n) is 17.5. The highest BCUT2D eigenvalue weighted by atomic mass is 16.5. The second kappa shape index (κ2) is 8.39. The van der Waals surface area contributed by atoms with Gasteiger partial charge in [-0.05, 0) is 37.7 Å². The summed E-state index contributed by atoms with van der Waals surface area (Å²) in [5.41, 5.74) is 1.90. The van der Waals surface area contributed by atoms with Crippen molar-refractivity contribution in [2.45, 2.75) is 64.1 Å². The van der Waals surface area contributed by atoms with Crippen molar-refractivity contribution >= 4 is 11.9 Å². The van der Waals surface area contributed by atoms with E-state index in [0.717, 1.165) is 30.5 Å². The lowest BCUT2D eigenvalue weighted by molar-refractivity contribution is -0.122. The SMILES string of the molecule is CCc1nn(C)c(OC)c1CNC(=O)C1CC2CCCCC2N1c1ncccn1. The molecule has 0 aromatic carbocycles. The van der Waals surface area contributed by atoms with Gasteiger partial charge in [-0.25, -0.2) is 14.6 Å². The molecule has 2 aliphatic rings. The minimum absolute atomic E-state index is 0.0276. The van der Waals surface area contributed by atoms with Crippen molar-refractivity contribution in [3.63, 3.8) is 0 Å². The minimum atomic E-state index is -0.238. The quantitative estimate of drug-likeness (QED) is 0.803. The van der Waals surface area contributed by atoms with Crippen LogP contribution < -0.4 is 15.0 Å². The summed E-state index contributed by atoms with van der Waals surface area (Å²) in [6, 6.07) is 1.92. The van der Waals surface area contributed by atoms with Gasteiger partial charge in [0, 0.05) is 25.5 Å². The van der Waals surface area contributed by atoms with Crippen molar-refractivity contribution in [2.24, 2.45) is 13.0 Å². The molecule has 0 spiro atoms. The van der Waals surface area contributed by atoms with Gasteiger partial charge < -0.3 is 15.0 Å². The molecule has 1 saturated heterocycles. The Labute approximate surface area is 171 Å². The third-order valence-corrected chi connectivity index (χ3v) is 6.31. The fourth-order valence-electron chi connectivity index (χ4n) is 5.02. The van der Waals surface area contributed by atoms with Gasteiger partial charge in [0.05, 0.1) is 24.9 Å². The van der Waals surface area contributed by atoms with Crippen molar-refractivity contribution in [1.82, 2.24) is 25.1 Å². The number of hydrogen-bond donors (Lipinski definition) is 1. The second-order valence-corrected chi connectivity index (χ2v) is 7.95. The van der Waals surface area contributed by atoms with Gasteiger partial charge in [-0.2, -0.15) is 5.10 Å². The first-order valence-electron chi connectivity index (χ1n) is 10.6. The third-order valence-electron chi connectivity index (χ3n) is 6.31. The average molecular weight is 399 g/mol. The van der Waals surface area contributed by atoms with Crippen LogP contribution in [-0.2, 0) is 24.8 Å². The topological polar surface area (TPSA) is 85.2 Å². The molecule has 8 nitrogen and oxygen atoms in total. The molecule has 1 amide bonds. The predicted molar refractivity (Wildman–Crippen MR) is 110 cm³/mol. The lowest BCUT2D eigenvalue weighted by Crippen LogP contribution is -2.47. The Morgan fingerprint density at radius 3 is 2.76 bits per heavy atom. The number of aryl methyl sites for hydroxylation is 2. The van der Waals surface area contributed by atoms with E-state index in [-0.39, 0.29) is 11.9 Å². The van der Waals surface area contributed by atoms with Crippen LogP contribution >= 0.6 is 0 Å². The Hall–Kier alpha value is -2.64. The standard InChI is InChI=1S/C21H30N6O2/c1-4-16-15(20(29-3)26(2)25-16)13-24-19(28)18-12-14-8-5-6-9-17(14)27(18)21-22-10-7-11-23-21/h7,10-11,14,17-18H,4-6,8-9,12-13H2,1-3H3,(H,24,28). The summed E-state index contributed by atoms with van der Waals surface area (Å²) in [5, 5.41) is 7.65. The summed E-state index contributed by atoms with van der Waals surface area (Å²) in [6.45, 7) is 2.47. The molecule has 3 heterocycles. The first-order chi connectivity index (χ1) is 14.1. The molecule has 2 aromatic rings. The number of rotatable bonds is 6. The fourth-order valence-corrected chi connectivity index (χ4v) is 5.02. The van der Waals surface area contributed by atoms with Crippen molar-refractivity contribution < 1.29 is 9.53 Å². The number of nitrogens with one attached hydrogen (secondary N) is 1. The summed E-state index contributed by atoms with van der Waals surface area (Å²) in [5.74, 6) is 1.92. The molecule has 8 heteroatoms. The van der Waals surface area contributed by atoms with Gasteiger partial charge in [-0.15, -0.1) is 0 Å². The van der Waals surface area contributed by atoms with E-state index in [9.17, 15) is 4.79 Å². The van der Waals surface area contributed by atoms with Crippen LogP contribution in [0.2, 0.25) is 0 Å². The highest BCUT2D eigenvalue weighted by Crippen LogP contribution is 2.41. The molecule has 156 valence electrons. The van der Waals surface area contributed by atoms with Crippen LogP contribution in [0.25, 0.3) is 0 Å². The van der Waals surface area contributed by atoms with Gasteiger partial charge in [-0.1, -0.05) is 19.8 Å².